The van der Waals surface area contributed by atoms with Crippen molar-refractivity contribution in [1.29, 1.82) is 0 Å². The summed E-state index contributed by atoms with van der Waals surface area (Å²) in [5, 5.41) is 0. The molecule has 1 aliphatic heterocycles. The quantitative estimate of drug-likeness (QED) is 0.583. The van der Waals surface area contributed by atoms with E-state index in [0.717, 1.165) is 0 Å². The van der Waals surface area contributed by atoms with E-state index in [1.54, 1.807) is 6.08 Å². The predicted octanol–water partition coefficient (Wildman–Crippen LogP) is 1.57. The first kappa shape index (κ1) is 11.3. The summed E-state index contributed by atoms with van der Waals surface area (Å²) in [6, 6.07) is 0. The van der Waals surface area contributed by atoms with Gasteiger partial charge in [0.2, 0.25) is 5.70 Å². The molecular formula is C12H15NO3. The Morgan fingerprint density at radius 2 is 2.12 bits per heavy atom. The van der Waals surface area contributed by atoms with Crippen molar-refractivity contribution in [3.8, 4) is 0 Å². The summed E-state index contributed by atoms with van der Waals surface area (Å²) in [5.74, 6) is -0.157. The third kappa shape index (κ3) is 1.40. The molecule has 0 saturated carbocycles. The molecule has 2 atom stereocenters. The topological polar surface area (TPSA) is 39.9 Å². The lowest BCUT2D eigenvalue weighted by Crippen LogP contribution is -2.59. The highest BCUT2D eigenvalue weighted by Gasteiger charge is 2.54. The molecule has 0 radical (unpaired) electrons. The van der Waals surface area contributed by atoms with Gasteiger partial charge in [-0.15, -0.1) is 0 Å². The first-order valence-electron chi connectivity index (χ1n) is 5.32. The number of ketones is 1. The van der Waals surface area contributed by atoms with Crippen molar-refractivity contribution < 1.29 is 14.3 Å². The molecule has 0 spiro atoms. The highest BCUT2D eigenvalue weighted by molar-refractivity contribution is 6.02. The SMILES string of the molecule is [C-]#[N+]C1=C[C@@]2(C)OCCO[C@@H]2C(C)(C)C1=O. The zero-order chi connectivity index (χ0) is 12.0. The van der Waals surface area contributed by atoms with Crippen LogP contribution in [0.5, 0.6) is 0 Å². The lowest BCUT2D eigenvalue weighted by molar-refractivity contribution is -0.210. The lowest BCUT2D eigenvalue weighted by atomic mass is 9.69. The Morgan fingerprint density at radius 3 is 2.75 bits per heavy atom. The molecule has 0 bridgehead atoms. The minimum atomic E-state index is -0.705. The Morgan fingerprint density at radius 1 is 1.44 bits per heavy atom. The van der Waals surface area contributed by atoms with Gasteiger partial charge >= 0.3 is 0 Å². The van der Waals surface area contributed by atoms with Crippen LogP contribution in [0.2, 0.25) is 0 Å². The van der Waals surface area contributed by atoms with Gasteiger partial charge in [0.15, 0.2) is 5.78 Å². The van der Waals surface area contributed by atoms with Crippen LogP contribution in [-0.2, 0) is 14.3 Å². The van der Waals surface area contributed by atoms with Crippen molar-refractivity contribution in [2.24, 2.45) is 5.41 Å². The fourth-order valence-corrected chi connectivity index (χ4v) is 2.58. The largest absolute Gasteiger partial charge is 0.372 e. The van der Waals surface area contributed by atoms with Crippen LogP contribution in [0.1, 0.15) is 20.8 Å². The standard InChI is InChI=1S/C12H15NO3/c1-11(2)9(14)8(13-4)7-12(3)10(11)15-5-6-16-12/h7,10H,5-6H2,1-3H3/t10-,12-/m1/s1. The summed E-state index contributed by atoms with van der Waals surface area (Å²) in [7, 11) is 0. The van der Waals surface area contributed by atoms with E-state index in [0.29, 0.717) is 13.2 Å². The molecule has 16 heavy (non-hydrogen) atoms. The number of rotatable bonds is 0. The number of nitrogens with zero attached hydrogens (tertiary/aromatic N) is 1. The van der Waals surface area contributed by atoms with E-state index in [2.05, 4.69) is 4.85 Å². The molecule has 4 nitrogen and oxygen atoms in total. The highest BCUT2D eigenvalue weighted by atomic mass is 16.6. The van der Waals surface area contributed by atoms with Gasteiger partial charge in [-0.1, -0.05) is 13.8 Å². The van der Waals surface area contributed by atoms with Gasteiger partial charge in [-0.05, 0) is 13.0 Å². The van der Waals surface area contributed by atoms with Crippen LogP contribution in [0.3, 0.4) is 0 Å². The molecule has 0 amide bonds. The molecular weight excluding hydrogens is 206 g/mol. The van der Waals surface area contributed by atoms with Gasteiger partial charge < -0.3 is 14.3 Å². The van der Waals surface area contributed by atoms with Gasteiger partial charge in [0.1, 0.15) is 5.60 Å². The maximum atomic E-state index is 12.1. The van der Waals surface area contributed by atoms with E-state index in [9.17, 15) is 4.79 Å². The monoisotopic (exact) mass is 221 g/mol. The summed E-state index contributed by atoms with van der Waals surface area (Å²) in [6.45, 7) is 13.5. The Hall–Kier alpha value is -1.18. The van der Waals surface area contributed by atoms with Crippen LogP contribution < -0.4 is 0 Å². The number of hydrogen-bond donors (Lipinski definition) is 0. The van der Waals surface area contributed by atoms with Crippen LogP contribution in [-0.4, -0.2) is 30.7 Å². The zero-order valence-corrected chi connectivity index (χ0v) is 9.74. The lowest BCUT2D eigenvalue weighted by Gasteiger charge is -2.49. The third-order valence-corrected chi connectivity index (χ3v) is 3.32. The summed E-state index contributed by atoms with van der Waals surface area (Å²) in [4.78, 5) is 15.3. The average Bonchev–Trinajstić information content (AvgIpc) is 2.24. The molecule has 4 heteroatoms. The minimum absolute atomic E-state index is 0.157. The smallest absolute Gasteiger partial charge is 0.228 e. The second-order valence-corrected chi connectivity index (χ2v) is 4.98. The Kier molecular flexibility index (Phi) is 2.41. The molecule has 2 aliphatic rings. The third-order valence-electron chi connectivity index (χ3n) is 3.32. The normalized spacial score (nSPS) is 37.2. The molecule has 0 aromatic carbocycles. The molecule has 0 unspecified atom stereocenters. The first-order chi connectivity index (χ1) is 7.42. The number of hydrogen-bond acceptors (Lipinski definition) is 3. The molecule has 1 saturated heterocycles. The van der Waals surface area contributed by atoms with E-state index >= 15 is 0 Å². The molecule has 1 fully saturated rings. The number of Topliss-reactive ketones (excluding diaryl/α,β-unsaturated/α-hetero) is 1. The molecule has 0 aromatic rings. The fraction of sp³-hybridized carbons (Fsp3) is 0.667. The number of ether oxygens (including phenoxy) is 2. The van der Waals surface area contributed by atoms with Crippen molar-refractivity contribution in [3.05, 3.63) is 23.2 Å². The molecule has 1 aliphatic carbocycles. The minimum Gasteiger partial charge on any atom is -0.372 e. The average molecular weight is 221 g/mol. The van der Waals surface area contributed by atoms with Gasteiger partial charge in [-0.2, -0.15) is 0 Å². The van der Waals surface area contributed by atoms with Crippen molar-refractivity contribution in [3.63, 3.8) is 0 Å². The van der Waals surface area contributed by atoms with E-state index < -0.39 is 11.0 Å². The Labute approximate surface area is 95.0 Å². The molecule has 2 rings (SSSR count). The number of carbonyl (C=O) groups excluding carboxylic acids is 1. The van der Waals surface area contributed by atoms with E-state index in [1.807, 2.05) is 20.8 Å². The highest BCUT2D eigenvalue weighted by Crippen LogP contribution is 2.43. The van der Waals surface area contributed by atoms with Crippen molar-refractivity contribution in [2.75, 3.05) is 13.2 Å². The number of carbonyl (C=O) groups is 1. The zero-order valence-electron chi connectivity index (χ0n) is 9.74. The second-order valence-electron chi connectivity index (χ2n) is 4.98. The van der Waals surface area contributed by atoms with Crippen molar-refractivity contribution in [1.82, 2.24) is 0 Å². The van der Waals surface area contributed by atoms with Gasteiger partial charge in [-0.3, -0.25) is 0 Å². The van der Waals surface area contributed by atoms with Crippen LogP contribution >= 0.6 is 0 Å². The summed E-state index contributed by atoms with van der Waals surface area (Å²) < 4.78 is 11.4. The Balaban J connectivity index is 2.53. The predicted molar refractivity (Wildman–Crippen MR) is 57.6 cm³/mol. The molecule has 0 N–H and O–H groups in total. The van der Waals surface area contributed by atoms with Crippen molar-refractivity contribution in [2.45, 2.75) is 32.5 Å². The van der Waals surface area contributed by atoms with E-state index in [4.69, 9.17) is 16.0 Å². The molecule has 0 aromatic heterocycles. The fourth-order valence-electron chi connectivity index (χ4n) is 2.58. The van der Waals surface area contributed by atoms with Crippen LogP contribution in [0.4, 0.5) is 0 Å². The van der Waals surface area contributed by atoms with E-state index in [-0.39, 0.29) is 17.6 Å². The van der Waals surface area contributed by atoms with Gasteiger partial charge in [0, 0.05) is 5.41 Å². The van der Waals surface area contributed by atoms with Crippen LogP contribution in [0, 0.1) is 12.0 Å². The van der Waals surface area contributed by atoms with Crippen LogP contribution in [0.25, 0.3) is 4.85 Å². The number of fused-ring (bicyclic) bond motifs is 1. The second kappa shape index (κ2) is 3.41. The summed E-state index contributed by atoms with van der Waals surface area (Å²) in [5.41, 5.74) is -1.20. The first-order valence-corrected chi connectivity index (χ1v) is 5.32. The summed E-state index contributed by atoms with van der Waals surface area (Å²) in [6.07, 6.45) is 1.30. The maximum absolute atomic E-state index is 12.1. The van der Waals surface area contributed by atoms with Crippen molar-refractivity contribution >= 4 is 5.78 Å². The molecule has 1 heterocycles. The van der Waals surface area contributed by atoms with Crippen LogP contribution in [0.15, 0.2) is 11.8 Å². The maximum Gasteiger partial charge on any atom is 0.228 e. The summed E-state index contributed by atoms with van der Waals surface area (Å²) >= 11 is 0. The van der Waals surface area contributed by atoms with Gasteiger partial charge in [0.05, 0.1) is 25.9 Å². The van der Waals surface area contributed by atoms with Gasteiger partial charge in [-0.25, -0.2) is 4.85 Å². The van der Waals surface area contributed by atoms with Gasteiger partial charge in [0.25, 0.3) is 0 Å². The Bertz CT molecular complexity index is 405. The van der Waals surface area contributed by atoms with E-state index in [1.165, 1.54) is 0 Å². The molecule has 86 valence electrons. The number of allylic oxidation sites excluding steroid dienone is 1.